The summed E-state index contributed by atoms with van der Waals surface area (Å²) in [7, 11) is 0. The lowest BCUT2D eigenvalue weighted by Gasteiger charge is -2.36. The first-order valence-corrected chi connectivity index (χ1v) is 9.35. The van der Waals surface area contributed by atoms with E-state index >= 15 is 0 Å². The molecule has 1 aliphatic heterocycles. The molecule has 0 aliphatic carbocycles. The Labute approximate surface area is 166 Å². The van der Waals surface area contributed by atoms with Gasteiger partial charge in [-0.2, -0.15) is 0 Å². The molecule has 2 N–H and O–H groups in total. The van der Waals surface area contributed by atoms with Crippen LogP contribution in [0.15, 0.2) is 60.9 Å². The lowest BCUT2D eigenvalue weighted by atomic mass is 10.0. The van der Waals surface area contributed by atoms with Crippen LogP contribution in [-0.2, 0) is 4.74 Å². The van der Waals surface area contributed by atoms with Crippen LogP contribution < -0.4 is 10.6 Å². The smallest absolute Gasteiger partial charge is 0.154 e. The molecule has 0 amide bonds. The van der Waals surface area contributed by atoms with Crippen molar-refractivity contribution in [3.63, 3.8) is 0 Å². The van der Waals surface area contributed by atoms with E-state index in [1.165, 1.54) is 6.07 Å². The summed E-state index contributed by atoms with van der Waals surface area (Å²) in [6, 6.07) is 14.0. The Hall–Kier alpha value is -3.52. The number of nitrogens with zero attached hydrogens (tertiary/aromatic N) is 5. The molecule has 0 spiro atoms. The van der Waals surface area contributed by atoms with Crippen LogP contribution >= 0.6 is 0 Å². The van der Waals surface area contributed by atoms with Gasteiger partial charge in [0.2, 0.25) is 0 Å². The number of nitrogen functional groups attached to an aromatic ring is 1. The summed E-state index contributed by atoms with van der Waals surface area (Å²) in [5.74, 6) is 0.507. The number of imidazole rings is 1. The number of benzene rings is 1. The van der Waals surface area contributed by atoms with Gasteiger partial charge in [0.25, 0.3) is 0 Å². The highest BCUT2D eigenvalue weighted by Gasteiger charge is 2.26. The molecule has 4 aromatic rings. The van der Waals surface area contributed by atoms with E-state index in [0.29, 0.717) is 25.4 Å². The molecular formula is C21H19FN6O. The third kappa shape index (κ3) is 3.27. The zero-order chi connectivity index (χ0) is 19.8. The summed E-state index contributed by atoms with van der Waals surface area (Å²) in [6.45, 7) is 1.71. The molecule has 1 unspecified atom stereocenters. The van der Waals surface area contributed by atoms with Gasteiger partial charge in [0.1, 0.15) is 17.3 Å². The fraction of sp³-hybridized carbons (Fsp3) is 0.190. The van der Waals surface area contributed by atoms with Gasteiger partial charge in [-0.15, -0.1) is 5.10 Å². The van der Waals surface area contributed by atoms with Crippen LogP contribution in [0.1, 0.15) is 11.6 Å². The largest absolute Gasteiger partial charge is 0.397 e. The maximum atomic E-state index is 13.8. The van der Waals surface area contributed by atoms with Crippen LogP contribution in [-0.4, -0.2) is 39.3 Å². The number of hydrogen-bond acceptors (Lipinski definition) is 6. The van der Waals surface area contributed by atoms with E-state index in [0.717, 1.165) is 28.4 Å². The zero-order valence-corrected chi connectivity index (χ0v) is 15.6. The van der Waals surface area contributed by atoms with Crippen LogP contribution in [0.4, 0.5) is 15.9 Å². The number of halogens is 1. The Balaban J connectivity index is 1.56. The fourth-order valence-electron chi connectivity index (χ4n) is 3.62. The van der Waals surface area contributed by atoms with Crippen LogP contribution in [0.25, 0.3) is 17.0 Å². The van der Waals surface area contributed by atoms with Crippen molar-refractivity contribution >= 4 is 17.2 Å². The highest BCUT2D eigenvalue weighted by atomic mass is 19.1. The molecule has 7 nitrogen and oxygen atoms in total. The molecule has 1 aromatic carbocycles. The molecule has 1 saturated heterocycles. The molecule has 0 bridgehead atoms. The number of aromatic nitrogens is 4. The van der Waals surface area contributed by atoms with Crippen molar-refractivity contribution in [2.24, 2.45) is 0 Å². The Kier molecular flexibility index (Phi) is 4.33. The van der Waals surface area contributed by atoms with Crippen LogP contribution in [0, 0.1) is 5.82 Å². The highest BCUT2D eigenvalue weighted by Crippen LogP contribution is 2.30. The number of morpholine rings is 1. The van der Waals surface area contributed by atoms with Gasteiger partial charge in [0.15, 0.2) is 5.65 Å². The first-order chi connectivity index (χ1) is 14.2. The van der Waals surface area contributed by atoms with Gasteiger partial charge in [0, 0.05) is 6.54 Å². The molecule has 0 radical (unpaired) electrons. The van der Waals surface area contributed by atoms with Gasteiger partial charge >= 0.3 is 0 Å². The van der Waals surface area contributed by atoms with Crippen molar-refractivity contribution in [1.82, 2.24) is 19.6 Å². The molecule has 1 aliphatic rings. The highest BCUT2D eigenvalue weighted by molar-refractivity contribution is 5.61. The lowest BCUT2D eigenvalue weighted by molar-refractivity contribution is 0.0935. The molecule has 8 heteroatoms. The van der Waals surface area contributed by atoms with Gasteiger partial charge in [-0.05, 0) is 42.0 Å². The van der Waals surface area contributed by atoms with Gasteiger partial charge in [-0.25, -0.2) is 13.9 Å². The topological polar surface area (TPSA) is 81.6 Å². The second-order valence-corrected chi connectivity index (χ2v) is 6.92. The van der Waals surface area contributed by atoms with E-state index in [2.05, 4.69) is 14.9 Å². The standard InChI is InChI=1S/C21H19FN6O/c22-15-3-1-2-14(10-15)19-13-29-9-8-27(19)21-7-6-20-25-12-18(28(20)26-21)17-5-4-16(23)11-24-17/h1-7,10-12,19H,8-9,13,23H2. The van der Waals surface area contributed by atoms with Crippen molar-refractivity contribution in [1.29, 1.82) is 0 Å². The van der Waals surface area contributed by atoms with Crippen LogP contribution in [0.2, 0.25) is 0 Å². The van der Waals surface area contributed by atoms with Crippen molar-refractivity contribution in [3.05, 3.63) is 72.3 Å². The molecule has 0 saturated carbocycles. The van der Waals surface area contributed by atoms with E-state index < -0.39 is 0 Å². The molecule has 3 aromatic heterocycles. The maximum absolute atomic E-state index is 13.8. The molecule has 29 heavy (non-hydrogen) atoms. The van der Waals surface area contributed by atoms with Crippen molar-refractivity contribution < 1.29 is 9.13 Å². The number of nitrogens with two attached hydrogens (primary N) is 1. The zero-order valence-electron chi connectivity index (χ0n) is 15.6. The maximum Gasteiger partial charge on any atom is 0.154 e. The second-order valence-electron chi connectivity index (χ2n) is 6.92. The number of pyridine rings is 1. The molecule has 1 atom stereocenters. The van der Waals surface area contributed by atoms with E-state index in [9.17, 15) is 4.39 Å². The SMILES string of the molecule is Nc1ccc(-c2cnc3ccc(N4CCOCC4c4cccc(F)c4)nn23)nc1. The second kappa shape index (κ2) is 7.14. The third-order valence-electron chi connectivity index (χ3n) is 5.05. The molecule has 1 fully saturated rings. The minimum absolute atomic E-state index is 0.119. The number of hydrogen-bond donors (Lipinski definition) is 1. The van der Waals surface area contributed by atoms with Crippen LogP contribution in [0.3, 0.4) is 0 Å². The number of anilines is 2. The van der Waals surface area contributed by atoms with Gasteiger partial charge in [-0.3, -0.25) is 4.98 Å². The molecular weight excluding hydrogens is 371 g/mol. The number of ether oxygens (including phenoxy) is 1. The molecule has 4 heterocycles. The Bertz CT molecular complexity index is 1160. The average molecular weight is 390 g/mol. The van der Waals surface area contributed by atoms with Crippen molar-refractivity contribution in [2.45, 2.75) is 6.04 Å². The van der Waals surface area contributed by atoms with E-state index in [-0.39, 0.29) is 11.9 Å². The molecule has 5 rings (SSSR count). The van der Waals surface area contributed by atoms with Crippen LogP contribution in [0.5, 0.6) is 0 Å². The van der Waals surface area contributed by atoms with Crippen molar-refractivity contribution in [2.75, 3.05) is 30.4 Å². The first-order valence-electron chi connectivity index (χ1n) is 9.35. The summed E-state index contributed by atoms with van der Waals surface area (Å²) >= 11 is 0. The Morgan fingerprint density at radius 1 is 1.07 bits per heavy atom. The summed E-state index contributed by atoms with van der Waals surface area (Å²) in [5.41, 5.74) is 9.44. The Morgan fingerprint density at radius 3 is 2.83 bits per heavy atom. The molecule has 146 valence electrons. The summed E-state index contributed by atoms with van der Waals surface area (Å²) in [6.07, 6.45) is 3.36. The van der Waals surface area contributed by atoms with Gasteiger partial charge in [0.05, 0.1) is 43.0 Å². The van der Waals surface area contributed by atoms with E-state index in [4.69, 9.17) is 15.6 Å². The number of rotatable bonds is 3. The number of fused-ring (bicyclic) bond motifs is 1. The third-order valence-corrected chi connectivity index (χ3v) is 5.05. The monoisotopic (exact) mass is 390 g/mol. The van der Waals surface area contributed by atoms with E-state index in [1.807, 2.05) is 24.3 Å². The summed E-state index contributed by atoms with van der Waals surface area (Å²) < 4.78 is 21.2. The lowest BCUT2D eigenvalue weighted by Crippen LogP contribution is -2.40. The summed E-state index contributed by atoms with van der Waals surface area (Å²) in [5, 5.41) is 4.82. The average Bonchev–Trinajstić information content (AvgIpc) is 3.17. The predicted octanol–water partition coefficient (Wildman–Crippen LogP) is 3.09. The normalized spacial score (nSPS) is 17.0. The quantitative estimate of drug-likeness (QED) is 0.579. The minimum Gasteiger partial charge on any atom is -0.397 e. The predicted molar refractivity (Wildman–Crippen MR) is 108 cm³/mol. The fourth-order valence-corrected chi connectivity index (χ4v) is 3.62. The van der Waals surface area contributed by atoms with Crippen molar-refractivity contribution in [3.8, 4) is 11.4 Å². The summed E-state index contributed by atoms with van der Waals surface area (Å²) in [4.78, 5) is 10.9. The van der Waals surface area contributed by atoms with Gasteiger partial charge < -0.3 is 15.4 Å². The Morgan fingerprint density at radius 2 is 2.00 bits per heavy atom. The van der Waals surface area contributed by atoms with E-state index in [1.54, 1.807) is 35.1 Å². The van der Waals surface area contributed by atoms with Gasteiger partial charge in [-0.1, -0.05) is 12.1 Å². The minimum atomic E-state index is -0.261. The first kappa shape index (κ1) is 17.6.